The van der Waals surface area contributed by atoms with E-state index in [1.165, 1.54) is 18.2 Å². The molecular formula is C22H20N4O6. The van der Waals surface area contributed by atoms with E-state index < -0.39 is 34.2 Å². The molecule has 0 aromatic heterocycles. The molecule has 2 aliphatic heterocycles. The Bertz CT molecular complexity index is 1190. The fourth-order valence-electron chi connectivity index (χ4n) is 4.08. The molecule has 2 amide bonds. The Labute approximate surface area is 183 Å². The van der Waals surface area contributed by atoms with Crippen molar-refractivity contribution < 1.29 is 24.0 Å². The smallest absolute Gasteiger partial charge is 0.355 e. The fourth-order valence-corrected chi connectivity index (χ4v) is 4.08. The van der Waals surface area contributed by atoms with E-state index in [0.717, 1.165) is 10.5 Å². The maximum absolute atomic E-state index is 13.8. The lowest BCUT2D eigenvalue weighted by molar-refractivity contribution is -0.384. The molecule has 10 nitrogen and oxygen atoms in total. The summed E-state index contributed by atoms with van der Waals surface area (Å²) in [4.78, 5) is 51.6. The van der Waals surface area contributed by atoms with Gasteiger partial charge in [-0.25, -0.2) is 9.69 Å². The molecule has 1 saturated heterocycles. The molecule has 0 radical (unpaired) electrons. The molecule has 1 N–H and O–H groups in total. The van der Waals surface area contributed by atoms with Crippen molar-refractivity contribution in [3.8, 4) is 0 Å². The minimum Gasteiger partial charge on any atom is -0.461 e. The highest BCUT2D eigenvalue weighted by Crippen LogP contribution is 2.46. The zero-order valence-electron chi connectivity index (χ0n) is 17.6. The monoisotopic (exact) mass is 436 g/mol. The summed E-state index contributed by atoms with van der Waals surface area (Å²) in [7, 11) is 0. The second kappa shape index (κ2) is 7.56. The van der Waals surface area contributed by atoms with Crippen molar-refractivity contribution >= 4 is 34.9 Å². The highest BCUT2D eigenvalue weighted by molar-refractivity contribution is 6.47. The number of anilines is 1. The number of nitro groups is 1. The van der Waals surface area contributed by atoms with Crippen LogP contribution in [0.5, 0.6) is 0 Å². The number of nitro benzene ring substituents is 1. The predicted octanol–water partition coefficient (Wildman–Crippen LogP) is 2.12. The number of hydrazone groups is 1. The summed E-state index contributed by atoms with van der Waals surface area (Å²) in [6.45, 7) is 5.20. The first-order valence-electron chi connectivity index (χ1n) is 9.94. The van der Waals surface area contributed by atoms with Crippen LogP contribution in [0.1, 0.15) is 23.6 Å². The van der Waals surface area contributed by atoms with Crippen molar-refractivity contribution in [2.24, 2.45) is 11.0 Å². The summed E-state index contributed by atoms with van der Waals surface area (Å²) < 4.78 is 5.05. The van der Waals surface area contributed by atoms with Crippen molar-refractivity contribution in [1.29, 1.82) is 0 Å². The Hall–Kier alpha value is -4.08. The number of esters is 1. The van der Waals surface area contributed by atoms with Crippen LogP contribution in [0.2, 0.25) is 0 Å². The average molecular weight is 436 g/mol. The number of aryl methyl sites for hydroxylation is 2. The molecule has 0 aliphatic carbocycles. The molecule has 2 aromatic rings. The summed E-state index contributed by atoms with van der Waals surface area (Å²) in [5.74, 6) is -3.48. The number of benzene rings is 2. The van der Waals surface area contributed by atoms with Gasteiger partial charge >= 0.3 is 5.97 Å². The molecule has 2 aromatic carbocycles. The maximum atomic E-state index is 13.8. The van der Waals surface area contributed by atoms with Gasteiger partial charge in [-0.15, -0.1) is 0 Å². The minimum atomic E-state index is -1.66. The highest BCUT2D eigenvalue weighted by atomic mass is 16.6. The Morgan fingerprint density at radius 3 is 2.53 bits per heavy atom. The Kier molecular flexibility index (Phi) is 5.00. The molecule has 4 rings (SSSR count). The number of rotatable bonds is 5. The van der Waals surface area contributed by atoms with Gasteiger partial charge in [0.1, 0.15) is 5.92 Å². The maximum Gasteiger partial charge on any atom is 0.355 e. The number of fused-ring (bicyclic) bond motifs is 1. The van der Waals surface area contributed by atoms with Crippen LogP contribution >= 0.6 is 0 Å². The van der Waals surface area contributed by atoms with E-state index in [0.29, 0.717) is 11.1 Å². The average Bonchev–Trinajstić information content (AvgIpc) is 3.25. The number of non-ortho nitro benzene ring substituents is 1. The van der Waals surface area contributed by atoms with E-state index in [-0.39, 0.29) is 23.7 Å². The quantitative estimate of drug-likeness (QED) is 0.329. The van der Waals surface area contributed by atoms with Crippen LogP contribution in [0.15, 0.2) is 47.6 Å². The van der Waals surface area contributed by atoms with E-state index in [4.69, 9.17) is 4.74 Å². The summed E-state index contributed by atoms with van der Waals surface area (Å²) in [5, 5.41) is 15.3. The Morgan fingerprint density at radius 2 is 1.91 bits per heavy atom. The van der Waals surface area contributed by atoms with Gasteiger partial charge in [0.05, 0.1) is 17.2 Å². The van der Waals surface area contributed by atoms with E-state index >= 15 is 0 Å². The molecular weight excluding hydrogens is 416 g/mol. The SMILES string of the molecule is CCOC(=O)C1=NN[C@@]2(c3ccc(C)cc3)C(=O)N(c3cc([N+](=O)[O-])ccc3C)C(=O)[C@H]12. The van der Waals surface area contributed by atoms with Crippen LogP contribution in [0.4, 0.5) is 11.4 Å². The summed E-state index contributed by atoms with van der Waals surface area (Å²) >= 11 is 0. The molecule has 0 spiro atoms. The number of amides is 2. The number of carbonyl (C=O) groups excluding carboxylic acids is 3. The standard InChI is InChI=1S/C22H20N4O6/c1-4-32-20(28)18-17-19(27)25(16-11-15(26(30)31)10-7-13(16)3)21(29)22(17,24-23-18)14-8-5-12(2)6-9-14/h5-11,17,24H,4H2,1-3H3/t17-,22+/m0/s1. The van der Waals surface area contributed by atoms with Gasteiger partial charge in [-0.1, -0.05) is 35.9 Å². The first kappa shape index (κ1) is 21.2. The molecule has 0 saturated carbocycles. The number of carbonyl (C=O) groups is 3. The van der Waals surface area contributed by atoms with Gasteiger partial charge in [0.2, 0.25) is 5.91 Å². The van der Waals surface area contributed by atoms with Gasteiger partial charge in [-0.3, -0.25) is 25.1 Å². The van der Waals surface area contributed by atoms with E-state index in [9.17, 15) is 24.5 Å². The van der Waals surface area contributed by atoms with Crippen LogP contribution in [0.3, 0.4) is 0 Å². The zero-order chi connectivity index (χ0) is 23.2. The zero-order valence-corrected chi connectivity index (χ0v) is 17.6. The second-order valence-corrected chi connectivity index (χ2v) is 7.64. The van der Waals surface area contributed by atoms with Crippen molar-refractivity contribution in [2.45, 2.75) is 26.3 Å². The largest absolute Gasteiger partial charge is 0.461 e. The van der Waals surface area contributed by atoms with Gasteiger partial charge in [0, 0.05) is 12.1 Å². The molecule has 2 aliphatic rings. The fraction of sp³-hybridized carbons (Fsp3) is 0.273. The van der Waals surface area contributed by atoms with Crippen molar-refractivity contribution in [3.05, 3.63) is 69.3 Å². The lowest BCUT2D eigenvalue weighted by Crippen LogP contribution is -2.48. The van der Waals surface area contributed by atoms with Crippen molar-refractivity contribution in [2.75, 3.05) is 11.5 Å². The summed E-state index contributed by atoms with van der Waals surface area (Å²) in [6.07, 6.45) is 0. The molecule has 164 valence electrons. The van der Waals surface area contributed by atoms with E-state index in [2.05, 4.69) is 10.5 Å². The lowest BCUT2D eigenvalue weighted by atomic mass is 9.78. The number of nitrogens with one attached hydrogen (secondary N) is 1. The topological polar surface area (TPSA) is 131 Å². The lowest BCUT2D eigenvalue weighted by Gasteiger charge is -2.26. The van der Waals surface area contributed by atoms with Crippen molar-refractivity contribution in [3.63, 3.8) is 0 Å². The number of hydrogen-bond acceptors (Lipinski definition) is 8. The molecule has 0 bridgehead atoms. The molecule has 32 heavy (non-hydrogen) atoms. The van der Waals surface area contributed by atoms with Crippen molar-refractivity contribution in [1.82, 2.24) is 5.43 Å². The third kappa shape index (κ3) is 2.95. The third-order valence-corrected chi connectivity index (χ3v) is 5.70. The number of hydrogen-bond donors (Lipinski definition) is 1. The van der Waals surface area contributed by atoms with Gasteiger partial charge in [0.25, 0.3) is 11.6 Å². The van der Waals surface area contributed by atoms with Crippen LogP contribution in [0.25, 0.3) is 0 Å². The Balaban J connectivity index is 1.90. The first-order valence-corrected chi connectivity index (χ1v) is 9.94. The highest BCUT2D eigenvalue weighted by Gasteiger charge is 2.67. The van der Waals surface area contributed by atoms with Gasteiger partial charge in [-0.05, 0) is 31.9 Å². The number of imide groups is 1. The third-order valence-electron chi connectivity index (χ3n) is 5.70. The normalized spacial score (nSPS) is 21.8. The van der Waals surface area contributed by atoms with Crippen LogP contribution < -0.4 is 10.3 Å². The van der Waals surface area contributed by atoms with Gasteiger partial charge < -0.3 is 4.74 Å². The van der Waals surface area contributed by atoms with E-state index in [1.807, 2.05) is 6.92 Å². The first-order chi connectivity index (χ1) is 15.2. The Morgan fingerprint density at radius 1 is 1.22 bits per heavy atom. The minimum absolute atomic E-state index is 0.0674. The van der Waals surface area contributed by atoms with Crippen LogP contribution in [-0.4, -0.2) is 35.0 Å². The van der Waals surface area contributed by atoms with Gasteiger partial charge in [0.15, 0.2) is 11.3 Å². The number of nitrogens with zero attached hydrogens (tertiary/aromatic N) is 3. The summed E-state index contributed by atoms with van der Waals surface area (Å²) in [5.41, 5.74) is 2.56. The molecule has 1 fully saturated rings. The molecule has 0 unspecified atom stereocenters. The predicted molar refractivity (Wildman–Crippen MR) is 114 cm³/mol. The van der Waals surface area contributed by atoms with Crippen LogP contribution in [-0.2, 0) is 24.7 Å². The van der Waals surface area contributed by atoms with Crippen LogP contribution in [0, 0.1) is 29.9 Å². The molecule has 2 atom stereocenters. The van der Waals surface area contributed by atoms with Gasteiger partial charge in [-0.2, -0.15) is 5.10 Å². The molecule has 10 heteroatoms. The molecule has 2 heterocycles. The summed E-state index contributed by atoms with van der Waals surface area (Å²) in [6, 6.07) is 10.9. The van der Waals surface area contributed by atoms with E-state index in [1.54, 1.807) is 38.1 Å². The second-order valence-electron chi connectivity index (χ2n) is 7.64. The number of ether oxygens (including phenoxy) is 1.